The fourth-order valence-corrected chi connectivity index (χ4v) is 2.37. The van der Waals surface area contributed by atoms with E-state index in [2.05, 4.69) is 22.5 Å². The van der Waals surface area contributed by atoms with Crippen molar-refractivity contribution in [3.63, 3.8) is 0 Å². The molecule has 2 unspecified atom stereocenters. The zero-order valence-corrected chi connectivity index (χ0v) is 11.1. The summed E-state index contributed by atoms with van der Waals surface area (Å²) in [7, 11) is 0. The molecule has 1 aliphatic heterocycles. The van der Waals surface area contributed by atoms with Crippen LogP contribution in [-0.4, -0.2) is 28.5 Å². The molecule has 2 N–H and O–H groups in total. The van der Waals surface area contributed by atoms with Gasteiger partial charge in [0.25, 0.3) is 0 Å². The Morgan fingerprint density at radius 1 is 1.72 bits per heavy atom. The third kappa shape index (κ3) is 2.72. The van der Waals surface area contributed by atoms with Gasteiger partial charge in [0, 0.05) is 18.8 Å². The maximum absolute atomic E-state index is 12.0. The van der Waals surface area contributed by atoms with E-state index in [9.17, 15) is 4.79 Å². The van der Waals surface area contributed by atoms with Crippen LogP contribution < -0.4 is 10.6 Å². The first-order valence-corrected chi connectivity index (χ1v) is 6.77. The molecular weight excluding hydrogens is 228 g/mol. The van der Waals surface area contributed by atoms with Gasteiger partial charge in [-0.1, -0.05) is 6.92 Å². The average Bonchev–Trinajstić information content (AvgIpc) is 3.03. The first kappa shape index (κ1) is 13.1. The SMILES string of the molecule is CCCNC(=O)C(C)n1cncc1C1CCCN1. The summed E-state index contributed by atoms with van der Waals surface area (Å²) in [5, 5.41) is 6.37. The highest BCUT2D eigenvalue weighted by atomic mass is 16.2. The van der Waals surface area contributed by atoms with Crippen LogP contribution in [0.15, 0.2) is 12.5 Å². The lowest BCUT2D eigenvalue weighted by Gasteiger charge is -2.19. The Morgan fingerprint density at radius 2 is 2.56 bits per heavy atom. The highest BCUT2D eigenvalue weighted by molar-refractivity contribution is 5.79. The van der Waals surface area contributed by atoms with E-state index in [1.54, 1.807) is 6.33 Å². The third-order valence-electron chi connectivity index (χ3n) is 3.46. The highest BCUT2D eigenvalue weighted by Crippen LogP contribution is 2.24. The van der Waals surface area contributed by atoms with E-state index < -0.39 is 0 Å². The van der Waals surface area contributed by atoms with Crippen molar-refractivity contribution in [3.8, 4) is 0 Å². The number of aromatic nitrogens is 2. The summed E-state index contributed by atoms with van der Waals surface area (Å²) < 4.78 is 1.98. The minimum atomic E-state index is -0.198. The van der Waals surface area contributed by atoms with Gasteiger partial charge in [0.15, 0.2) is 0 Å². The maximum Gasteiger partial charge on any atom is 0.242 e. The summed E-state index contributed by atoms with van der Waals surface area (Å²) in [6.45, 7) is 5.75. The van der Waals surface area contributed by atoms with Crippen LogP contribution in [0.4, 0.5) is 0 Å². The van der Waals surface area contributed by atoms with E-state index in [4.69, 9.17) is 0 Å². The Bertz CT molecular complexity index is 395. The molecule has 1 fully saturated rings. The fraction of sp³-hybridized carbons (Fsp3) is 0.692. The first-order valence-electron chi connectivity index (χ1n) is 6.77. The van der Waals surface area contributed by atoms with Crippen LogP contribution in [0.1, 0.15) is 50.9 Å². The van der Waals surface area contributed by atoms with Gasteiger partial charge in [-0.15, -0.1) is 0 Å². The molecule has 100 valence electrons. The van der Waals surface area contributed by atoms with Gasteiger partial charge in [0.1, 0.15) is 6.04 Å². The molecule has 5 nitrogen and oxygen atoms in total. The normalized spacial score (nSPS) is 20.9. The van der Waals surface area contributed by atoms with Crippen molar-refractivity contribution in [1.29, 1.82) is 0 Å². The second-order valence-electron chi connectivity index (χ2n) is 4.84. The smallest absolute Gasteiger partial charge is 0.242 e. The third-order valence-corrected chi connectivity index (χ3v) is 3.46. The quantitative estimate of drug-likeness (QED) is 0.830. The van der Waals surface area contributed by atoms with Crippen molar-refractivity contribution in [1.82, 2.24) is 20.2 Å². The van der Waals surface area contributed by atoms with E-state index in [0.717, 1.165) is 31.6 Å². The highest BCUT2D eigenvalue weighted by Gasteiger charge is 2.24. The minimum absolute atomic E-state index is 0.0640. The molecule has 18 heavy (non-hydrogen) atoms. The van der Waals surface area contributed by atoms with Gasteiger partial charge < -0.3 is 15.2 Å². The van der Waals surface area contributed by atoms with Gasteiger partial charge in [-0.3, -0.25) is 4.79 Å². The van der Waals surface area contributed by atoms with Gasteiger partial charge in [-0.05, 0) is 32.7 Å². The summed E-state index contributed by atoms with van der Waals surface area (Å²) in [4.78, 5) is 16.2. The molecule has 5 heteroatoms. The van der Waals surface area contributed by atoms with Gasteiger partial charge in [0.05, 0.1) is 12.0 Å². The lowest BCUT2D eigenvalue weighted by atomic mass is 10.1. The fourth-order valence-electron chi connectivity index (χ4n) is 2.37. The summed E-state index contributed by atoms with van der Waals surface area (Å²) in [6, 6.07) is 0.144. The molecule has 0 radical (unpaired) electrons. The van der Waals surface area contributed by atoms with Gasteiger partial charge in [0.2, 0.25) is 5.91 Å². The molecular formula is C13H22N4O. The Morgan fingerprint density at radius 3 is 3.22 bits per heavy atom. The largest absolute Gasteiger partial charge is 0.354 e. The number of amides is 1. The van der Waals surface area contributed by atoms with Crippen LogP contribution >= 0.6 is 0 Å². The van der Waals surface area contributed by atoms with Crippen molar-refractivity contribution in [2.45, 2.75) is 45.2 Å². The number of nitrogens with one attached hydrogen (secondary N) is 2. The van der Waals surface area contributed by atoms with Crippen molar-refractivity contribution in [3.05, 3.63) is 18.2 Å². The number of carbonyl (C=O) groups excluding carboxylic acids is 1. The average molecular weight is 250 g/mol. The molecule has 1 amide bonds. The zero-order chi connectivity index (χ0) is 13.0. The number of hydrogen-bond acceptors (Lipinski definition) is 3. The van der Waals surface area contributed by atoms with E-state index in [1.165, 1.54) is 6.42 Å². The molecule has 1 saturated heterocycles. The van der Waals surface area contributed by atoms with E-state index in [0.29, 0.717) is 6.04 Å². The number of nitrogens with zero attached hydrogens (tertiary/aromatic N) is 2. The van der Waals surface area contributed by atoms with Crippen molar-refractivity contribution in [2.75, 3.05) is 13.1 Å². The second-order valence-corrected chi connectivity index (χ2v) is 4.84. The number of imidazole rings is 1. The molecule has 2 rings (SSSR count). The van der Waals surface area contributed by atoms with E-state index in [-0.39, 0.29) is 11.9 Å². The van der Waals surface area contributed by atoms with E-state index in [1.807, 2.05) is 17.7 Å². The van der Waals surface area contributed by atoms with Gasteiger partial charge in [-0.25, -0.2) is 4.98 Å². The number of carbonyl (C=O) groups is 1. The van der Waals surface area contributed by atoms with Crippen LogP contribution in [0.3, 0.4) is 0 Å². The standard InChI is InChI=1S/C13H22N4O/c1-3-6-16-13(18)10(2)17-9-14-8-12(17)11-5-4-7-15-11/h8-11,15H,3-7H2,1-2H3,(H,16,18). The Balaban J connectivity index is 2.07. The first-order chi connectivity index (χ1) is 8.74. The molecule has 0 aromatic carbocycles. The molecule has 0 bridgehead atoms. The molecule has 2 atom stereocenters. The van der Waals surface area contributed by atoms with E-state index >= 15 is 0 Å². The summed E-state index contributed by atoms with van der Waals surface area (Å²) in [5.74, 6) is 0.0640. The molecule has 1 aromatic rings. The maximum atomic E-state index is 12.0. The second kappa shape index (κ2) is 6.00. The molecule has 1 aromatic heterocycles. The molecule has 1 aliphatic rings. The Kier molecular flexibility index (Phi) is 4.36. The zero-order valence-electron chi connectivity index (χ0n) is 11.1. The Labute approximate surface area is 108 Å². The lowest BCUT2D eigenvalue weighted by Crippen LogP contribution is -2.32. The van der Waals surface area contributed by atoms with Crippen LogP contribution in [0.25, 0.3) is 0 Å². The summed E-state index contributed by atoms with van der Waals surface area (Å²) in [6.07, 6.45) is 6.89. The topological polar surface area (TPSA) is 59.0 Å². The summed E-state index contributed by atoms with van der Waals surface area (Å²) >= 11 is 0. The predicted molar refractivity (Wildman–Crippen MR) is 70.2 cm³/mol. The van der Waals surface area contributed by atoms with Gasteiger partial charge in [-0.2, -0.15) is 0 Å². The summed E-state index contributed by atoms with van der Waals surface area (Å²) in [5.41, 5.74) is 1.12. The molecule has 2 heterocycles. The van der Waals surface area contributed by atoms with Crippen molar-refractivity contribution in [2.24, 2.45) is 0 Å². The lowest BCUT2D eigenvalue weighted by molar-refractivity contribution is -0.123. The minimum Gasteiger partial charge on any atom is -0.354 e. The van der Waals surface area contributed by atoms with Crippen molar-refractivity contribution < 1.29 is 4.79 Å². The van der Waals surface area contributed by atoms with Crippen LogP contribution in [-0.2, 0) is 4.79 Å². The predicted octanol–water partition coefficient (Wildman–Crippen LogP) is 1.39. The van der Waals surface area contributed by atoms with Gasteiger partial charge >= 0.3 is 0 Å². The van der Waals surface area contributed by atoms with Crippen LogP contribution in [0.2, 0.25) is 0 Å². The number of hydrogen-bond donors (Lipinski definition) is 2. The number of rotatable bonds is 5. The van der Waals surface area contributed by atoms with Crippen molar-refractivity contribution >= 4 is 5.91 Å². The Hall–Kier alpha value is -1.36. The molecule has 0 aliphatic carbocycles. The van der Waals surface area contributed by atoms with Crippen LogP contribution in [0, 0.1) is 0 Å². The molecule has 0 spiro atoms. The monoisotopic (exact) mass is 250 g/mol. The van der Waals surface area contributed by atoms with Crippen LogP contribution in [0.5, 0.6) is 0 Å². The molecule has 0 saturated carbocycles.